The zero-order chi connectivity index (χ0) is 15.1. The number of carbonyl (C=O) groups excluding carboxylic acids is 1. The van der Waals surface area contributed by atoms with Gasteiger partial charge >= 0.3 is 0 Å². The van der Waals surface area contributed by atoms with Crippen LogP contribution in [0.2, 0.25) is 0 Å². The number of halogens is 1. The van der Waals surface area contributed by atoms with Crippen molar-refractivity contribution in [2.24, 2.45) is 0 Å². The molecule has 0 spiro atoms. The molecule has 110 valence electrons. The van der Waals surface area contributed by atoms with Crippen LogP contribution in [0.3, 0.4) is 0 Å². The molecule has 0 aliphatic carbocycles. The van der Waals surface area contributed by atoms with Crippen LogP contribution in [0.4, 0.5) is 0 Å². The molecule has 0 aromatic heterocycles. The lowest BCUT2D eigenvalue weighted by molar-refractivity contribution is -0.134. The van der Waals surface area contributed by atoms with Crippen molar-refractivity contribution in [1.29, 1.82) is 0 Å². The SMILES string of the molecule is COc1ccccc1C(Cl)C(=O)NOCc1ccccc1. The van der Waals surface area contributed by atoms with E-state index in [1.807, 2.05) is 36.4 Å². The molecule has 1 amide bonds. The van der Waals surface area contributed by atoms with Crippen LogP contribution in [-0.2, 0) is 16.2 Å². The predicted octanol–water partition coefficient (Wildman–Crippen LogP) is 3.22. The van der Waals surface area contributed by atoms with Crippen molar-refractivity contribution in [2.45, 2.75) is 12.0 Å². The first-order valence-corrected chi connectivity index (χ1v) is 6.88. The topological polar surface area (TPSA) is 47.6 Å². The summed E-state index contributed by atoms with van der Waals surface area (Å²) in [5.41, 5.74) is 3.91. The molecule has 21 heavy (non-hydrogen) atoms. The summed E-state index contributed by atoms with van der Waals surface area (Å²) < 4.78 is 5.19. The number of ether oxygens (including phenoxy) is 1. The average molecular weight is 306 g/mol. The van der Waals surface area contributed by atoms with Crippen molar-refractivity contribution >= 4 is 17.5 Å². The van der Waals surface area contributed by atoms with E-state index in [4.69, 9.17) is 21.2 Å². The number of para-hydroxylation sites is 1. The first-order valence-electron chi connectivity index (χ1n) is 6.45. The minimum atomic E-state index is -0.878. The smallest absolute Gasteiger partial charge is 0.266 e. The van der Waals surface area contributed by atoms with E-state index in [0.29, 0.717) is 11.3 Å². The standard InChI is InChI=1S/C16H16ClNO3/c1-20-14-10-6-5-9-13(14)15(17)16(19)18-21-11-12-7-3-2-4-8-12/h2-10,15H,11H2,1H3,(H,18,19). The number of carbonyl (C=O) groups is 1. The molecule has 1 atom stereocenters. The second-order valence-corrected chi connectivity index (χ2v) is 4.78. The first kappa shape index (κ1) is 15.4. The lowest BCUT2D eigenvalue weighted by Crippen LogP contribution is -2.27. The third-order valence-corrected chi connectivity index (χ3v) is 3.33. The Hall–Kier alpha value is -2.04. The van der Waals surface area contributed by atoms with Crippen LogP contribution in [0.25, 0.3) is 0 Å². The molecule has 0 bridgehead atoms. The number of amides is 1. The molecule has 0 heterocycles. The number of hydrogen-bond donors (Lipinski definition) is 1. The number of rotatable bonds is 6. The summed E-state index contributed by atoms with van der Waals surface area (Å²) in [5.74, 6) is 0.132. The summed E-state index contributed by atoms with van der Waals surface area (Å²) in [6.07, 6.45) is 0. The van der Waals surface area contributed by atoms with Gasteiger partial charge in [0.25, 0.3) is 5.91 Å². The first-order chi connectivity index (χ1) is 10.2. The third-order valence-electron chi connectivity index (χ3n) is 2.90. The molecular weight excluding hydrogens is 290 g/mol. The van der Waals surface area contributed by atoms with Gasteiger partial charge < -0.3 is 4.74 Å². The molecule has 5 heteroatoms. The van der Waals surface area contributed by atoms with Crippen molar-refractivity contribution in [3.63, 3.8) is 0 Å². The number of hydrogen-bond acceptors (Lipinski definition) is 3. The van der Waals surface area contributed by atoms with Gasteiger partial charge in [0, 0.05) is 5.56 Å². The normalized spacial score (nSPS) is 11.7. The van der Waals surface area contributed by atoms with E-state index in [-0.39, 0.29) is 6.61 Å². The van der Waals surface area contributed by atoms with E-state index < -0.39 is 11.3 Å². The minimum absolute atomic E-state index is 0.280. The van der Waals surface area contributed by atoms with E-state index >= 15 is 0 Å². The van der Waals surface area contributed by atoms with Gasteiger partial charge in [-0.25, -0.2) is 5.48 Å². The molecular formula is C16H16ClNO3. The van der Waals surface area contributed by atoms with Crippen molar-refractivity contribution in [3.05, 3.63) is 65.7 Å². The van der Waals surface area contributed by atoms with Gasteiger partial charge in [0.2, 0.25) is 0 Å². The Kier molecular flexibility index (Phi) is 5.60. The lowest BCUT2D eigenvalue weighted by Gasteiger charge is -2.13. The Labute approximate surface area is 128 Å². The van der Waals surface area contributed by atoms with E-state index in [9.17, 15) is 4.79 Å². The van der Waals surface area contributed by atoms with Crippen molar-refractivity contribution in [2.75, 3.05) is 7.11 Å². The van der Waals surface area contributed by atoms with E-state index in [1.165, 1.54) is 7.11 Å². The van der Waals surface area contributed by atoms with Crippen molar-refractivity contribution in [3.8, 4) is 5.75 Å². The number of alkyl halides is 1. The summed E-state index contributed by atoms with van der Waals surface area (Å²) in [7, 11) is 1.53. The van der Waals surface area contributed by atoms with Crippen LogP contribution in [-0.4, -0.2) is 13.0 Å². The summed E-state index contributed by atoms with van der Waals surface area (Å²) >= 11 is 6.15. The quantitative estimate of drug-likeness (QED) is 0.658. The average Bonchev–Trinajstić information content (AvgIpc) is 2.55. The monoisotopic (exact) mass is 305 g/mol. The van der Waals surface area contributed by atoms with Gasteiger partial charge in [0.15, 0.2) is 0 Å². The second kappa shape index (κ2) is 7.67. The van der Waals surface area contributed by atoms with Crippen LogP contribution in [0, 0.1) is 0 Å². The molecule has 0 radical (unpaired) electrons. The lowest BCUT2D eigenvalue weighted by atomic mass is 10.1. The van der Waals surface area contributed by atoms with Gasteiger partial charge in [-0.2, -0.15) is 0 Å². The third kappa shape index (κ3) is 4.21. The van der Waals surface area contributed by atoms with Crippen molar-refractivity contribution in [1.82, 2.24) is 5.48 Å². The Morgan fingerprint density at radius 3 is 2.52 bits per heavy atom. The van der Waals surface area contributed by atoms with Gasteiger partial charge in [0.05, 0.1) is 13.7 Å². The fourth-order valence-corrected chi connectivity index (χ4v) is 2.06. The van der Waals surface area contributed by atoms with Crippen LogP contribution in [0.15, 0.2) is 54.6 Å². The largest absolute Gasteiger partial charge is 0.496 e. The van der Waals surface area contributed by atoms with E-state index in [0.717, 1.165) is 5.56 Å². The Bertz CT molecular complexity index is 589. The predicted molar refractivity (Wildman–Crippen MR) is 81.0 cm³/mol. The molecule has 4 nitrogen and oxygen atoms in total. The van der Waals surface area contributed by atoms with Crippen LogP contribution < -0.4 is 10.2 Å². The molecule has 2 rings (SSSR count). The molecule has 0 saturated heterocycles. The second-order valence-electron chi connectivity index (χ2n) is 4.35. The fourth-order valence-electron chi connectivity index (χ4n) is 1.83. The van der Waals surface area contributed by atoms with E-state index in [1.54, 1.807) is 18.2 Å². The van der Waals surface area contributed by atoms with Gasteiger partial charge in [-0.3, -0.25) is 9.63 Å². The number of hydroxylamine groups is 1. The maximum Gasteiger partial charge on any atom is 0.266 e. The van der Waals surface area contributed by atoms with Crippen molar-refractivity contribution < 1.29 is 14.4 Å². The molecule has 2 aromatic carbocycles. The summed E-state index contributed by atoms with van der Waals surface area (Å²) in [6, 6.07) is 16.6. The maximum absolute atomic E-state index is 12.0. The van der Waals surface area contributed by atoms with Crippen LogP contribution >= 0.6 is 11.6 Å². The molecule has 0 saturated carbocycles. The van der Waals surface area contributed by atoms with Gasteiger partial charge in [0.1, 0.15) is 11.1 Å². The highest BCUT2D eigenvalue weighted by atomic mass is 35.5. The number of nitrogens with one attached hydrogen (secondary N) is 1. The molecule has 1 N–H and O–H groups in total. The zero-order valence-corrected chi connectivity index (χ0v) is 12.3. The fraction of sp³-hybridized carbons (Fsp3) is 0.188. The molecule has 0 aliphatic rings. The Morgan fingerprint density at radius 2 is 1.81 bits per heavy atom. The van der Waals surface area contributed by atoms with Crippen LogP contribution in [0.1, 0.15) is 16.5 Å². The van der Waals surface area contributed by atoms with Gasteiger partial charge in [-0.15, -0.1) is 11.6 Å². The van der Waals surface area contributed by atoms with E-state index in [2.05, 4.69) is 5.48 Å². The van der Waals surface area contributed by atoms with Gasteiger partial charge in [-0.05, 0) is 11.6 Å². The summed E-state index contributed by atoms with van der Waals surface area (Å²) in [6.45, 7) is 0.280. The van der Waals surface area contributed by atoms with Gasteiger partial charge in [-0.1, -0.05) is 48.5 Å². The maximum atomic E-state index is 12.0. The number of benzene rings is 2. The Morgan fingerprint density at radius 1 is 1.14 bits per heavy atom. The minimum Gasteiger partial charge on any atom is -0.496 e. The summed E-state index contributed by atoms with van der Waals surface area (Å²) in [4.78, 5) is 17.2. The molecule has 0 aliphatic heterocycles. The highest BCUT2D eigenvalue weighted by molar-refractivity contribution is 6.30. The molecule has 2 aromatic rings. The van der Waals surface area contributed by atoms with Crippen LogP contribution in [0.5, 0.6) is 5.75 Å². The summed E-state index contributed by atoms with van der Waals surface area (Å²) in [5, 5.41) is -0.878. The zero-order valence-electron chi connectivity index (χ0n) is 11.6. The molecule has 1 unspecified atom stereocenters. The number of methoxy groups -OCH3 is 1. The highest BCUT2D eigenvalue weighted by Crippen LogP contribution is 2.29. The Balaban J connectivity index is 1.91. The molecule has 0 fully saturated rings. The highest BCUT2D eigenvalue weighted by Gasteiger charge is 2.21.